The van der Waals surface area contributed by atoms with E-state index in [1.54, 1.807) is 12.1 Å². The van der Waals surface area contributed by atoms with Crippen molar-refractivity contribution in [1.29, 1.82) is 0 Å². The number of fused-ring (bicyclic) bond motifs is 2. The van der Waals surface area contributed by atoms with Gasteiger partial charge in [-0.05, 0) is 67.2 Å². The Bertz CT molecular complexity index is 448. The summed E-state index contributed by atoms with van der Waals surface area (Å²) in [5, 5.41) is 0. The molecule has 1 aromatic rings. The van der Waals surface area contributed by atoms with Gasteiger partial charge in [0.1, 0.15) is 5.82 Å². The molecule has 0 spiro atoms. The van der Waals surface area contributed by atoms with Crippen molar-refractivity contribution in [3.63, 3.8) is 0 Å². The third-order valence-corrected chi connectivity index (χ3v) is 5.58. The standard InChI is InChI=1S/C15H19BrFN/c16-14-4-3-12(17)7-11(14)8-15(18)13-6-9-1-2-10(13)5-9/h3-4,7,9-10,13,15H,1-2,5-6,8,18H2. The Morgan fingerprint density at radius 3 is 2.83 bits per heavy atom. The van der Waals surface area contributed by atoms with Crippen molar-refractivity contribution < 1.29 is 4.39 Å². The zero-order chi connectivity index (χ0) is 12.7. The zero-order valence-electron chi connectivity index (χ0n) is 10.4. The van der Waals surface area contributed by atoms with Crippen LogP contribution in [-0.4, -0.2) is 6.04 Å². The number of rotatable bonds is 3. The van der Waals surface area contributed by atoms with Gasteiger partial charge >= 0.3 is 0 Å². The SMILES string of the molecule is NC(Cc1cc(F)ccc1Br)C1CC2CCC1C2. The molecule has 0 amide bonds. The average Bonchev–Trinajstić information content (AvgIpc) is 2.96. The maximum Gasteiger partial charge on any atom is 0.123 e. The molecule has 3 heteroatoms. The number of benzene rings is 1. The molecule has 2 N–H and O–H groups in total. The summed E-state index contributed by atoms with van der Waals surface area (Å²) in [4.78, 5) is 0. The summed E-state index contributed by atoms with van der Waals surface area (Å²) in [5.74, 6) is 2.23. The smallest absolute Gasteiger partial charge is 0.123 e. The summed E-state index contributed by atoms with van der Waals surface area (Å²) >= 11 is 3.49. The molecule has 2 bridgehead atoms. The summed E-state index contributed by atoms with van der Waals surface area (Å²) in [6.07, 6.45) is 6.21. The highest BCUT2D eigenvalue weighted by molar-refractivity contribution is 9.10. The molecule has 3 rings (SSSR count). The minimum atomic E-state index is -0.173. The first kappa shape index (κ1) is 12.6. The van der Waals surface area contributed by atoms with Crippen LogP contribution < -0.4 is 5.73 Å². The third-order valence-electron chi connectivity index (χ3n) is 4.81. The van der Waals surface area contributed by atoms with Gasteiger partial charge in [-0.25, -0.2) is 4.39 Å². The monoisotopic (exact) mass is 311 g/mol. The van der Waals surface area contributed by atoms with Gasteiger partial charge in [-0.2, -0.15) is 0 Å². The fourth-order valence-electron chi connectivity index (χ4n) is 3.92. The summed E-state index contributed by atoms with van der Waals surface area (Å²) in [7, 11) is 0. The molecule has 1 aromatic carbocycles. The van der Waals surface area contributed by atoms with Crippen LogP contribution in [0.4, 0.5) is 4.39 Å². The minimum Gasteiger partial charge on any atom is -0.327 e. The number of halogens is 2. The zero-order valence-corrected chi connectivity index (χ0v) is 12.0. The van der Waals surface area contributed by atoms with E-state index in [1.807, 2.05) is 0 Å². The molecular formula is C15H19BrFN. The Morgan fingerprint density at radius 1 is 1.33 bits per heavy atom. The molecule has 98 valence electrons. The van der Waals surface area contributed by atoms with E-state index in [9.17, 15) is 4.39 Å². The molecule has 0 aromatic heterocycles. The maximum absolute atomic E-state index is 13.3. The van der Waals surface area contributed by atoms with Crippen LogP contribution in [0.5, 0.6) is 0 Å². The fraction of sp³-hybridized carbons (Fsp3) is 0.600. The molecule has 4 unspecified atom stereocenters. The third kappa shape index (κ3) is 2.35. The highest BCUT2D eigenvalue weighted by Gasteiger charge is 2.41. The fourth-order valence-corrected chi connectivity index (χ4v) is 4.33. The van der Waals surface area contributed by atoms with Crippen molar-refractivity contribution >= 4 is 15.9 Å². The lowest BCUT2D eigenvalue weighted by Gasteiger charge is -2.28. The lowest BCUT2D eigenvalue weighted by molar-refractivity contribution is 0.280. The second-order valence-corrected chi connectivity index (χ2v) is 6.80. The van der Waals surface area contributed by atoms with Crippen LogP contribution in [0, 0.1) is 23.6 Å². The predicted octanol–water partition coefficient (Wildman–Crippen LogP) is 3.89. The lowest BCUT2D eigenvalue weighted by atomic mass is 9.81. The topological polar surface area (TPSA) is 26.0 Å². The van der Waals surface area contributed by atoms with E-state index in [2.05, 4.69) is 15.9 Å². The Hall–Kier alpha value is -0.410. The average molecular weight is 312 g/mol. The summed E-state index contributed by atoms with van der Waals surface area (Å²) < 4.78 is 14.2. The van der Waals surface area contributed by atoms with Gasteiger partial charge in [0, 0.05) is 10.5 Å². The van der Waals surface area contributed by atoms with E-state index in [4.69, 9.17) is 5.73 Å². The molecule has 0 radical (unpaired) electrons. The summed E-state index contributed by atoms with van der Waals surface area (Å²) in [5.41, 5.74) is 7.38. The van der Waals surface area contributed by atoms with Crippen molar-refractivity contribution in [3.05, 3.63) is 34.1 Å². The number of hydrogen-bond acceptors (Lipinski definition) is 1. The van der Waals surface area contributed by atoms with Crippen molar-refractivity contribution in [2.75, 3.05) is 0 Å². The molecule has 0 heterocycles. The van der Waals surface area contributed by atoms with Gasteiger partial charge in [0.05, 0.1) is 0 Å². The van der Waals surface area contributed by atoms with Crippen LogP contribution in [-0.2, 0) is 6.42 Å². The molecule has 2 saturated carbocycles. The van der Waals surface area contributed by atoms with Crippen molar-refractivity contribution in [1.82, 2.24) is 0 Å². The molecule has 2 aliphatic rings. The Labute approximate surface area is 116 Å². The van der Waals surface area contributed by atoms with Crippen molar-refractivity contribution in [3.8, 4) is 0 Å². The molecule has 1 nitrogen and oxygen atoms in total. The number of nitrogens with two attached hydrogens (primary N) is 1. The molecule has 4 atom stereocenters. The Balaban J connectivity index is 1.70. The number of hydrogen-bond donors (Lipinski definition) is 1. The first-order valence-corrected chi connectivity index (χ1v) is 7.62. The van der Waals surface area contributed by atoms with Crippen molar-refractivity contribution in [2.24, 2.45) is 23.5 Å². The van der Waals surface area contributed by atoms with Crippen LogP contribution >= 0.6 is 15.9 Å². The maximum atomic E-state index is 13.3. The first-order chi connectivity index (χ1) is 8.63. The van der Waals surface area contributed by atoms with Gasteiger partial charge < -0.3 is 5.73 Å². The quantitative estimate of drug-likeness (QED) is 0.900. The van der Waals surface area contributed by atoms with E-state index in [-0.39, 0.29) is 11.9 Å². The lowest BCUT2D eigenvalue weighted by Crippen LogP contribution is -2.35. The van der Waals surface area contributed by atoms with Gasteiger partial charge in [0.2, 0.25) is 0 Å². The second-order valence-electron chi connectivity index (χ2n) is 5.94. The van der Waals surface area contributed by atoms with Gasteiger partial charge in [0.15, 0.2) is 0 Å². The van der Waals surface area contributed by atoms with E-state index >= 15 is 0 Å². The first-order valence-electron chi connectivity index (χ1n) is 6.83. The highest BCUT2D eigenvalue weighted by atomic mass is 79.9. The van der Waals surface area contributed by atoms with E-state index < -0.39 is 0 Å². The minimum absolute atomic E-state index is 0.173. The Morgan fingerprint density at radius 2 is 2.17 bits per heavy atom. The van der Waals surface area contributed by atoms with Crippen LogP contribution in [0.25, 0.3) is 0 Å². The van der Waals surface area contributed by atoms with E-state index in [0.717, 1.165) is 28.3 Å². The molecule has 18 heavy (non-hydrogen) atoms. The van der Waals surface area contributed by atoms with Crippen molar-refractivity contribution in [2.45, 2.75) is 38.1 Å². The predicted molar refractivity (Wildman–Crippen MR) is 74.7 cm³/mol. The van der Waals surface area contributed by atoms with E-state index in [1.165, 1.54) is 31.7 Å². The van der Waals surface area contributed by atoms with Crippen LogP contribution in [0.2, 0.25) is 0 Å². The van der Waals surface area contributed by atoms with Gasteiger partial charge in [0.25, 0.3) is 0 Å². The second kappa shape index (κ2) is 4.93. The summed E-state index contributed by atoms with van der Waals surface area (Å²) in [6, 6.07) is 5.05. The molecule has 2 fully saturated rings. The van der Waals surface area contributed by atoms with Crippen LogP contribution in [0.15, 0.2) is 22.7 Å². The highest BCUT2D eigenvalue weighted by Crippen LogP contribution is 2.49. The molecule has 0 saturated heterocycles. The van der Waals surface area contributed by atoms with Gasteiger partial charge in [-0.3, -0.25) is 0 Å². The van der Waals surface area contributed by atoms with Gasteiger partial charge in [-0.15, -0.1) is 0 Å². The largest absolute Gasteiger partial charge is 0.327 e. The van der Waals surface area contributed by atoms with Crippen LogP contribution in [0.3, 0.4) is 0 Å². The van der Waals surface area contributed by atoms with Gasteiger partial charge in [-0.1, -0.05) is 22.4 Å². The van der Waals surface area contributed by atoms with E-state index in [0.29, 0.717) is 5.92 Å². The molecule has 2 aliphatic carbocycles. The summed E-state index contributed by atoms with van der Waals surface area (Å²) in [6.45, 7) is 0. The normalized spacial score (nSPS) is 31.8. The molecular weight excluding hydrogens is 293 g/mol. The molecule has 0 aliphatic heterocycles. The van der Waals surface area contributed by atoms with Crippen LogP contribution in [0.1, 0.15) is 31.2 Å². The Kier molecular flexibility index (Phi) is 3.46.